The number of nitrogens with zero attached hydrogens (tertiary/aromatic N) is 2. The monoisotopic (exact) mass is 338 g/mol. The van der Waals surface area contributed by atoms with Crippen LogP contribution in [0.25, 0.3) is 22.6 Å². The fourth-order valence-electron chi connectivity index (χ4n) is 1.90. The molecule has 1 aromatic carbocycles. The Hall–Kier alpha value is -2.12. The minimum Gasteiger partial charge on any atom is -1.00 e. The zero-order chi connectivity index (χ0) is 14.8. The molecule has 1 amide bonds. The number of amides is 1. The lowest BCUT2D eigenvalue weighted by atomic mass is 10.3. The van der Waals surface area contributed by atoms with E-state index < -0.39 is 6.09 Å². The standard InChI is InChI=1S/C14H14N4O2S.ClH/c1-8(2)20-14(19)16-9-3-4-10-11(5-9)18-13(17-10)12-6-21-7-15-12;/h3-8H,1-2H3,(H,16,19)(H,17,18);1H. The van der Waals surface area contributed by atoms with Crippen LogP contribution in [0.2, 0.25) is 0 Å². The Kier molecular flexibility index (Phi) is 4.99. The Labute approximate surface area is 138 Å². The van der Waals surface area contributed by atoms with Crippen LogP contribution in [0, 0.1) is 0 Å². The summed E-state index contributed by atoms with van der Waals surface area (Å²) in [5, 5.41) is 4.61. The Bertz CT molecular complexity index is 776. The van der Waals surface area contributed by atoms with Gasteiger partial charge in [0.1, 0.15) is 5.69 Å². The normalized spacial score (nSPS) is 10.5. The topological polar surface area (TPSA) is 79.9 Å². The van der Waals surface area contributed by atoms with E-state index in [1.807, 2.05) is 17.5 Å². The van der Waals surface area contributed by atoms with Crippen LogP contribution in [0.3, 0.4) is 0 Å². The number of hydrogen-bond donors (Lipinski definition) is 2. The van der Waals surface area contributed by atoms with Crippen molar-refractivity contribution in [3.05, 3.63) is 29.1 Å². The first-order chi connectivity index (χ1) is 10.1. The third-order valence-corrected chi connectivity index (χ3v) is 3.33. The molecule has 0 aliphatic rings. The summed E-state index contributed by atoms with van der Waals surface area (Å²) in [5.74, 6) is 0.716. The highest BCUT2D eigenvalue weighted by atomic mass is 35.5. The fraction of sp³-hybridized carbons (Fsp3) is 0.214. The number of imidazole rings is 1. The number of hydrogen-bond acceptors (Lipinski definition) is 5. The van der Waals surface area contributed by atoms with Crippen molar-refractivity contribution in [3.8, 4) is 11.5 Å². The van der Waals surface area contributed by atoms with E-state index in [1.54, 1.807) is 25.4 Å². The van der Waals surface area contributed by atoms with Gasteiger partial charge in [-0.1, -0.05) is 0 Å². The van der Waals surface area contributed by atoms with Gasteiger partial charge in [0, 0.05) is 11.1 Å². The van der Waals surface area contributed by atoms with E-state index in [2.05, 4.69) is 20.3 Å². The highest BCUT2D eigenvalue weighted by Gasteiger charge is 2.09. The molecule has 3 rings (SSSR count). The van der Waals surface area contributed by atoms with Crippen LogP contribution >= 0.6 is 11.3 Å². The van der Waals surface area contributed by atoms with E-state index >= 15 is 0 Å². The molecule has 0 saturated carbocycles. The second-order valence-electron chi connectivity index (χ2n) is 4.77. The van der Waals surface area contributed by atoms with Crippen molar-refractivity contribution in [1.29, 1.82) is 0 Å². The Morgan fingerprint density at radius 1 is 1.45 bits per heavy atom. The van der Waals surface area contributed by atoms with Crippen LogP contribution in [0.1, 0.15) is 15.3 Å². The molecule has 0 fully saturated rings. The molecular weight excluding hydrogens is 324 g/mol. The molecule has 2 N–H and O–H groups in total. The van der Waals surface area contributed by atoms with Gasteiger partial charge in [0.25, 0.3) is 0 Å². The number of halogens is 1. The van der Waals surface area contributed by atoms with Crippen LogP contribution in [0.5, 0.6) is 0 Å². The van der Waals surface area contributed by atoms with Crippen molar-refractivity contribution in [2.75, 3.05) is 5.32 Å². The zero-order valence-electron chi connectivity index (χ0n) is 13.0. The molecule has 0 saturated heterocycles. The van der Waals surface area contributed by atoms with Crippen molar-refractivity contribution in [2.45, 2.75) is 20.0 Å². The summed E-state index contributed by atoms with van der Waals surface area (Å²) in [6.45, 7) is 3.61. The number of ether oxygens (including phenoxy) is 1. The van der Waals surface area contributed by atoms with Crippen LogP contribution in [-0.2, 0) is 4.74 Å². The average Bonchev–Trinajstić information content (AvgIpc) is 3.05. The van der Waals surface area contributed by atoms with Crippen LogP contribution in [0.15, 0.2) is 29.1 Å². The van der Waals surface area contributed by atoms with E-state index in [0.717, 1.165) is 16.7 Å². The predicted octanol–water partition coefficient (Wildman–Crippen LogP) is 0.760. The first-order valence-electron chi connectivity index (χ1n) is 6.48. The van der Waals surface area contributed by atoms with Gasteiger partial charge in [-0.15, -0.1) is 11.3 Å². The van der Waals surface area contributed by atoms with Crippen molar-refractivity contribution in [1.82, 2.24) is 15.0 Å². The van der Waals surface area contributed by atoms with E-state index in [4.69, 9.17) is 4.74 Å². The Morgan fingerprint density at radius 3 is 2.95 bits per heavy atom. The number of H-pyrrole nitrogens is 1. The number of fused-ring (bicyclic) bond motifs is 1. The molecular formula is C14H15ClN4O2S. The van der Waals surface area contributed by atoms with Gasteiger partial charge in [0.2, 0.25) is 0 Å². The van der Waals surface area contributed by atoms with Crippen LogP contribution in [0.4, 0.5) is 10.5 Å². The number of benzene rings is 1. The molecule has 2 heterocycles. The molecule has 2 aromatic heterocycles. The summed E-state index contributed by atoms with van der Waals surface area (Å²) >= 11 is 1.52. The molecule has 0 atom stereocenters. The van der Waals surface area contributed by atoms with E-state index in [9.17, 15) is 4.79 Å². The van der Waals surface area contributed by atoms with E-state index in [-0.39, 0.29) is 19.9 Å². The van der Waals surface area contributed by atoms with Gasteiger partial charge >= 0.3 is 7.52 Å². The van der Waals surface area contributed by atoms with E-state index in [1.165, 1.54) is 11.3 Å². The first kappa shape index (κ1) is 16.3. The number of carbonyl (C=O) groups excluding carboxylic acids is 1. The lowest BCUT2D eigenvalue weighted by Gasteiger charge is -2.09. The first-order valence-corrected chi connectivity index (χ1v) is 7.42. The molecule has 0 aliphatic carbocycles. The summed E-state index contributed by atoms with van der Waals surface area (Å²) in [7, 11) is 0. The molecule has 0 bridgehead atoms. The molecule has 116 valence electrons. The Balaban J connectivity index is 0.00000132. The van der Waals surface area contributed by atoms with Gasteiger partial charge < -0.3 is 22.1 Å². The molecule has 0 spiro atoms. The number of nitrogens with one attached hydrogen (secondary N) is 2. The molecule has 22 heavy (non-hydrogen) atoms. The summed E-state index contributed by atoms with van der Waals surface area (Å²) < 4.78 is 5.05. The third kappa shape index (κ3) is 3.55. The van der Waals surface area contributed by atoms with Crippen molar-refractivity contribution >= 4 is 34.2 Å². The number of thiazole rings is 1. The van der Waals surface area contributed by atoms with Gasteiger partial charge in [0.15, 0.2) is 5.82 Å². The predicted molar refractivity (Wildman–Crippen MR) is 83.6 cm³/mol. The highest BCUT2D eigenvalue weighted by Crippen LogP contribution is 2.22. The highest BCUT2D eigenvalue weighted by molar-refractivity contribution is 7.07. The smallest absolute Gasteiger partial charge is 1.00 e. The molecule has 8 heteroatoms. The fourth-order valence-corrected chi connectivity index (χ4v) is 2.44. The zero-order valence-corrected chi connectivity index (χ0v) is 13.5. The van der Waals surface area contributed by atoms with Crippen LogP contribution in [-0.4, -0.2) is 27.1 Å². The lowest BCUT2D eigenvalue weighted by Crippen LogP contribution is -3.00. The second-order valence-corrected chi connectivity index (χ2v) is 5.49. The number of rotatable bonds is 3. The van der Waals surface area contributed by atoms with E-state index in [0.29, 0.717) is 11.5 Å². The largest absolute Gasteiger partial charge is 1.00 e. The lowest BCUT2D eigenvalue weighted by molar-refractivity contribution is -0.0000124. The van der Waals surface area contributed by atoms with Crippen molar-refractivity contribution in [2.24, 2.45) is 0 Å². The van der Waals surface area contributed by atoms with Gasteiger partial charge in [-0.2, -0.15) is 0 Å². The third-order valence-electron chi connectivity index (χ3n) is 2.75. The maximum Gasteiger partial charge on any atom is 1.00 e. The van der Waals surface area contributed by atoms with Gasteiger partial charge in [-0.3, -0.25) is 5.32 Å². The van der Waals surface area contributed by atoms with Gasteiger partial charge in [-0.25, -0.2) is 14.8 Å². The molecule has 0 radical (unpaired) electrons. The number of carbonyl (C=O) groups is 1. The average molecular weight is 339 g/mol. The quantitative estimate of drug-likeness (QED) is 0.739. The van der Waals surface area contributed by atoms with Crippen molar-refractivity contribution < 1.29 is 23.4 Å². The van der Waals surface area contributed by atoms with Crippen LogP contribution < -0.4 is 17.7 Å². The summed E-state index contributed by atoms with van der Waals surface area (Å²) in [6, 6.07) is 5.45. The minimum absolute atomic E-state index is 0. The SMILES string of the molecule is CC(C)OC(=O)Nc1ccc2nc(-c3cscn3)[nH]c2c1.[Cl-].[H+]. The van der Waals surface area contributed by atoms with Gasteiger partial charge in [-0.05, 0) is 32.0 Å². The Morgan fingerprint density at radius 2 is 2.27 bits per heavy atom. The van der Waals surface area contributed by atoms with Gasteiger partial charge in [0.05, 0.1) is 22.6 Å². The number of anilines is 1. The molecule has 0 unspecified atom stereocenters. The minimum atomic E-state index is -0.469. The van der Waals surface area contributed by atoms with Crippen molar-refractivity contribution in [3.63, 3.8) is 0 Å². The maximum absolute atomic E-state index is 11.6. The molecule has 6 nitrogen and oxygen atoms in total. The number of aromatic amines is 1. The number of aromatic nitrogens is 3. The second kappa shape index (κ2) is 6.76. The summed E-state index contributed by atoms with van der Waals surface area (Å²) in [5.41, 5.74) is 4.88. The molecule has 0 aliphatic heterocycles. The maximum atomic E-state index is 11.6. The summed E-state index contributed by atoms with van der Waals surface area (Å²) in [6.07, 6.45) is -0.624. The molecule has 3 aromatic rings. The summed E-state index contributed by atoms with van der Waals surface area (Å²) in [4.78, 5) is 23.5.